The van der Waals surface area contributed by atoms with Gasteiger partial charge in [0.2, 0.25) is 15.9 Å². The molecule has 0 saturated heterocycles. The Kier molecular flexibility index (Phi) is 6.61. The third-order valence-electron chi connectivity index (χ3n) is 5.14. The topological polar surface area (TPSA) is 62.6 Å². The fraction of sp³-hybridized carbons (Fsp3) is 0.381. The summed E-state index contributed by atoms with van der Waals surface area (Å²) < 4.78 is 68.0. The van der Waals surface area contributed by atoms with Crippen LogP contribution in [0.25, 0.3) is 0 Å². The minimum atomic E-state index is -4.68. The van der Waals surface area contributed by atoms with Crippen molar-refractivity contribution in [3.05, 3.63) is 66.5 Å². The highest BCUT2D eigenvalue weighted by Crippen LogP contribution is 2.32. The molecule has 1 aliphatic carbocycles. The molecule has 2 aromatic rings. The van der Waals surface area contributed by atoms with Crippen molar-refractivity contribution in [1.82, 2.24) is 13.8 Å². The third kappa shape index (κ3) is 5.37. The van der Waals surface area contributed by atoms with Crippen molar-refractivity contribution >= 4 is 15.9 Å². The lowest BCUT2D eigenvalue weighted by Crippen LogP contribution is -2.43. The normalized spacial score (nSPS) is 14.6. The molecule has 1 aliphatic rings. The van der Waals surface area contributed by atoms with Crippen LogP contribution in [0.2, 0.25) is 0 Å². The Morgan fingerprint density at radius 1 is 1.26 bits per heavy atom. The number of carbonyl (C=O) groups excluding carboxylic acids is 1. The smallest absolute Gasteiger partial charge is 0.353 e. The van der Waals surface area contributed by atoms with Crippen LogP contribution in [-0.4, -0.2) is 47.2 Å². The lowest BCUT2D eigenvalue weighted by Gasteiger charge is -2.27. The van der Waals surface area contributed by atoms with Crippen molar-refractivity contribution in [3.63, 3.8) is 0 Å². The summed E-state index contributed by atoms with van der Waals surface area (Å²) in [5, 5.41) is 0. The maximum absolute atomic E-state index is 13.1. The summed E-state index contributed by atoms with van der Waals surface area (Å²) >= 11 is 0. The first-order chi connectivity index (χ1) is 14.5. The molecule has 1 aromatic carbocycles. The third-order valence-corrected chi connectivity index (χ3v) is 6.94. The molecular formula is C21H24F3N3O3S. The molecule has 31 heavy (non-hydrogen) atoms. The number of amides is 1. The van der Waals surface area contributed by atoms with Crippen LogP contribution in [0.5, 0.6) is 0 Å². The zero-order valence-corrected chi connectivity index (χ0v) is 17.9. The molecule has 6 nitrogen and oxygen atoms in total. The molecule has 0 N–H and O–H groups in total. The number of benzene rings is 1. The molecule has 0 unspecified atom stereocenters. The Hall–Kier alpha value is -2.59. The SMILES string of the molecule is C=CCN(CC(=O)N(Cc1cccn1C)C1CC1)S(=O)(=O)c1cccc(C(F)(F)F)c1. The van der Waals surface area contributed by atoms with Gasteiger partial charge in [0.25, 0.3) is 0 Å². The van der Waals surface area contributed by atoms with Gasteiger partial charge in [-0.25, -0.2) is 8.42 Å². The van der Waals surface area contributed by atoms with Crippen molar-refractivity contribution in [1.29, 1.82) is 0 Å². The molecule has 10 heteroatoms. The van der Waals surface area contributed by atoms with E-state index in [2.05, 4.69) is 6.58 Å². The number of sulfonamides is 1. The van der Waals surface area contributed by atoms with Gasteiger partial charge in [0, 0.05) is 31.5 Å². The Morgan fingerprint density at radius 2 is 1.97 bits per heavy atom. The van der Waals surface area contributed by atoms with Gasteiger partial charge in [-0.05, 0) is 43.2 Å². The lowest BCUT2D eigenvalue weighted by atomic mass is 10.2. The van der Waals surface area contributed by atoms with Crippen molar-refractivity contribution in [2.75, 3.05) is 13.1 Å². The van der Waals surface area contributed by atoms with Gasteiger partial charge in [0.1, 0.15) is 0 Å². The van der Waals surface area contributed by atoms with Crippen LogP contribution in [0.4, 0.5) is 13.2 Å². The first kappa shape index (κ1) is 23.1. The van der Waals surface area contributed by atoms with Gasteiger partial charge in [0.05, 0.1) is 23.5 Å². The van der Waals surface area contributed by atoms with Crippen LogP contribution in [0.1, 0.15) is 24.1 Å². The van der Waals surface area contributed by atoms with Crippen LogP contribution in [-0.2, 0) is 34.6 Å². The molecule has 0 atom stereocenters. The quantitative estimate of drug-likeness (QED) is 0.545. The Balaban J connectivity index is 1.84. The number of carbonyl (C=O) groups is 1. The number of nitrogens with zero attached hydrogens (tertiary/aromatic N) is 3. The molecule has 0 aliphatic heterocycles. The molecule has 1 fully saturated rings. The summed E-state index contributed by atoms with van der Waals surface area (Å²) in [6.45, 7) is 3.17. The Labute approximate surface area is 179 Å². The van der Waals surface area contributed by atoms with Crippen molar-refractivity contribution in [3.8, 4) is 0 Å². The maximum atomic E-state index is 13.1. The molecule has 1 saturated carbocycles. The van der Waals surface area contributed by atoms with E-state index in [1.807, 2.05) is 29.9 Å². The van der Waals surface area contributed by atoms with Gasteiger partial charge >= 0.3 is 6.18 Å². The van der Waals surface area contributed by atoms with Gasteiger partial charge in [-0.15, -0.1) is 6.58 Å². The highest BCUT2D eigenvalue weighted by molar-refractivity contribution is 7.89. The van der Waals surface area contributed by atoms with E-state index in [1.165, 1.54) is 6.08 Å². The van der Waals surface area contributed by atoms with E-state index in [1.54, 1.807) is 4.90 Å². The fourth-order valence-electron chi connectivity index (χ4n) is 3.26. The number of hydrogen-bond donors (Lipinski definition) is 0. The Morgan fingerprint density at radius 3 is 2.52 bits per heavy atom. The van der Waals surface area contributed by atoms with Crippen molar-refractivity contribution < 1.29 is 26.4 Å². The molecule has 0 radical (unpaired) electrons. The van der Waals surface area contributed by atoms with E-state index < -0.39 is 39.1 Å². The van der Waals surface area contributed by atoms with Crippen LogP contribution >= 0.6 is 0 Å². The molecular weight excluding hydrogens is 431 g/mol. The minimum Gasteiger partial charge on any atom is -0.353 e. The molecule has 0 bridgehead atoms. The first-order valence-corrected chi connectivity index (χ1v) is 11.2. The second-order valence-corrected chi connectivity index (χ2v) is 9.41. The predicted molar refractivity (Wildman–Crippen MR) is 109 cm³/mol. The summed E-state index contributed by atoms with van der Waals surface area (Å²) in [5.74, 6) is -0.402. The van der Waals surface area contributed by atoms with Gasteiger partial charge in [-0.2, -0.15) is 17.5 Å². The average molecular weight is 456 g/mol. The molecule has 1 amide bonds. The number of alkyl halides is 3. The van der Waals surface area contributed by atoms with E-state index in [4.69, 9.17) is 0 Å². The monoisotopic (exact) mass is 455 g/mol. The number of hydrogen-bond acceptors (Lipinski definition) is 3. The fourth-order valence-corrected chi connectivity index (χ4v) is 4.66. The summed E-state index contributed by atoms with van der Waals surface area (Å²) in [6, 6.07) is 7.28. The summed E-state index contributed by atoms with van der Waals surface area (Å²) in [4.78, 5) is 14.2. The largest absolute Gasteiger partial charge is 0.416 e. The van der Waals surface area contributed by atoms with Crippen molar-refractivity contribution in [2.45, 2.75) is 36.5 Å². The van der Waals surface area contributed by atoms with Crippen LogP contribution in [0, 0.1) is 0 Å². The molecule has 0 spiro atoms. The molecule has 168 valence electrons. The Bertz CT molecular complexity index is 1060. The number of halogens is 3. The van der Waals surface area contributed by atoms with Crippen LogP contribution in [0.15, 0.2) is 60.1 Å². The molecule has 1 heterocycles. The molecule has 1 aromatic heterocycles. The second-order valence-electron chi connectivity index (χ2n) is 7.48. The standard InChI is InChI=1S/C21H24F3N3O3S/c1-3-11-26(31(29,30)19-8-4-6-16(13-19)21(22,23)24)15-20(28)27(17-9-10-17)14-18-7-5-12-25(18)2/h3-8,12-13,17H,1,9-11,14-15H2,2H3. The van der Waals surface area contributed by atoms with Crippen molar-refractivity contribution in [2.24, 2.45) is 7.05 Å². The second kappa shape index (κ2) is 8.88. The number of aryl methyl sites for hydroxylation is 1. The first-order valence-electron chi connectivity index (χ1n) is 9.72. The van der Waals surface area contributed by atoms with Gasteiger partial charge in [-0.1, -0.05) is 12.1 Å². The maximum Gasteiger partial charge on any atom is 0.416 e. The van der Waals surface area contributed by atoms with E-state index in [-0.39, 0.29) is 12.6 Å². The van der Waals surface area contributed by atoms with E-state index in [0.29, 0.717) is 12.6 Å². The van der Waals surface area contributed by atoms with E-state index in [0.717, 1.165) is 41.0 Å². The van der Waals surface area contributed by atoms with Gasteiger partial charge < -0.3 is 9.47 Å². The molecule has 3 rings (SSSR count). The average Bonchev–Trinajstić information content (AvgIpc) is 3.47. The van der Waals surface area contributed by atoms with E-state index in [9.17, 15) is 26.4 Å². The summed E-state index contributed by atoms with van der Waals surface area (Å²) in [5.41, 5.74) is -0.168. The highest BCUT2D eigenvalue weighted by atomic mass is 32.2. The summed E-state index contributed by atoms with van der Waals surface area (Å²) in [7, 11) is -2.49. The summed E-state index contributed by atoms with van der Waals surface area (Å²) in [6.07, 6.45) is 0.141. The lowest BCUT2D eigenvalue weighted by molar-refractivity contribution is -0.137. The van der Waals surface area contributed by atoms with Crippen LogP contribution < -0.4 is 0 Å². The zero-order valence-electron chi connectivity index (χ0n) is 17.0. The number of rotatable bonds is 9. The van der Waals surface area contributed by atoms with Crippen LogP contribution in [0.3, 0.4) is 0 Å². The predicted octanol–water partition coefficient (Wildman–Crippen LogP) is 3.41. The van der Waals surface area contributed by atoms with E-state index >= 15 is 0 Å². The highest BCUT2D eigenvalue weighted by Gasteiger charge is 2.36. The van der Waals surface area contributed by atoms with Gasteiger partial charge in [0.15, 0.2) is 0 Å². The minimum absolute atomic E-state index is 0.0317. The number of aromatic nitrogens is 1. The van der Waals surface area contributed by atoms with Gasteiger partial charge in [-0.3, -0.25) is 4.79 Å². The zero-order chi connectivity index (χ0) is 22.8.